The average molecular weight is 395 g/mol. The zero-order valence-electron chi connectivity index (χ0n) is 16.1. The summed E-state index contributed by atoms with van der Waals surface area (Å²) in [6.45, 7) is 3.20. The summed E-state index contributed by atoms with van der Waals surface area (Å²) in [6, 6.07) is 13.7. The van der Waals surface area contributed by atoms with E-state index in [1.165, 1.54) is 0 Å². The van der Waals surface area contributed by atoms with Gasteiger partial charge in [-0.15, -0.1) is 0 Å². The molecule has 0 aliphatic carbocycles. The van der Waals surface area contributed by atoms with Crippen molar-refractivity contribution >= 4 is 17.8 Å². The predicted octanol–water partition coefficient (Wildman–Crippen LogP) is 2.06. The van der Waals surface area contributed by atoms with Gasteiger partial charge in [-0.25, -0.2) is 4.79 Å². The van der Waals surface area contributed by atoms with E-state index in [4.69, 9.17) is 9.47 Å². The van der Waals surface area contributed by atoms with E-state index in [1.54, 1.807) is 25.1 Å². The standard InChI is InChI=1S/C21H21N3O5/c1-13(14-6-4-3-5-7-14)22-18(25)11-24-19(26)21(2,23-20(24)27)15-8-9-16-17(10-15)29-12-28-16/h3-10,13H,11-12H2,1-2H3,(H,22,25)(H,23,27)/t13-,21+/m1/s1. The molecule has 1 saturated heterocycles. The molecule has 1 fully saturated rings. The van der Waals surface area contributed by atoms with Gasteiger partial charge in [-0.3, -0.25) is 14.5 Å². The number of hydrogen-bond donors (Lipinski definition) is 2. The number of carbonyl (C=O) groups excluding carboxylic acids is 3. The first kappa shape index (κ1) is 18.8. The van der Waals surface area contributed by atoms with Gasteiger partial charge >= 0.3 is 6.03 Å². The predicted molar refractivity (Wildman–Crippen MR) is 103 cm³/mol. The molecule has 2 aliphatic rings. The minimum Gasteiger partial charge on any atom is -0.454 e. The van der Waals surface area contributed by atoms with E-state index in [9.17, 15) is 14.4 Å². The number of nitrogens with one attached hydrogen (secondary N) is 2. The molecule has 0 radical (unpaired) electrons. The first-order chi connectivity index (χ1) is 13.9. The van der Waals surface area contributed by atoms with E-state index in [1.807, 2.05) is 37.3 Å². The Kier molecular flexibility index (Phi) is 4.62. The van der Waals surface area contributed by atoms with Crippen LogP contribution in [0.2, 0.25) is 0 Å². The van der Waals surface area contributed by atoms with Crippen LogP contribution in [0.5, 0.6) is 11.5 Å². The molecule has 150 valence electrons. The Morgan fingerprint density at radius 3 is 2.66 bits per heavy atom. The van der Waals surface area contributed by atoms with Crippen molar-refractivity contribution < 1.29 is 23.9 Å². The highest BCUT2D eigenvalue weighted by atomic mass is 16.7. The molecule has 2 aromatic rings. The average Bonchev–Trinajstić information content (AvgIpc) is 3.27. The van der Waals surface area contributed by atoms with Gasteiger partial charge < -0.3 is 20.1 Å². The van der Waals surface area contributed by atoms with Crippen LogP contribution in [0.15, 0.2) is 48.5 Å². The molecule has 2 aliphatic heterocycles. The number of imide groups is 1. The van der Waals surface area contributed by atoms with E-state index >= 15 is 0 Å². The third-order valence-corrected chi connectivity index (χ3v) is 5.20. The van der Waals surface area contributed by atoms with Crippen molar-refractivity contribution in [2.75, 3.05) is 13.3 Å². The molecule has 2 heterocycles. The maximum absolute atomic E-state index is 13.0. The quantitative estimate of drug-likeness (QED) is 0.756. The van der Waals surface area contributed by atoms with Gasteiger partial charge in [0.05, 0.1) is 6.04 Å². The van der Waals surface area contributed by atoms with Crippen molar-refractivity contribution in [1.29, 1.82) is 0 Å². The first-order valence-corrected chi connectivity index (χ1v) is 9.27. The van der Waals surface area contributed by atoms with Crippen LogP contribution in [0.1, 0.15) is 31.0 Å². The van der Waals surface area contributed by atoms with Crippen LogP contribution in [-0.4, -0.2) is 36.1 Å². The zero-order valence-corrected chi connectivity index (χ0v) is 16.1. The van der Waals surface area contributed by atoms with Crippen LogP contribution in [0.4, 0.5) is 4.79 Å². The van der Waals surface area contributed by atoms with Crippen LogP contribution < -0.4 is 20.1 Å². The highest BCUT2D eigenvalue weighted by molar-refractivity contribution is 6.09. The Bertz CT molecular complexity index is 978. The number of amides is 4. The number of urea groups is 1. The lowest BCUT2D eigenvalue weighted by atomic mass is 9.91. The van der Waals surface area contributed by atoms with E-state index < -0.39 is 23.4 Å². The number of rotatable bonds is 5. The highest BCUT2D eigenvalue weighted by Gasteiger charge is 2.49. The van der Waals surface area contributed by atoms with Gasteiger partial charge in [0.15, 0.2) is 11.5 Å². The molecule has 0 unspecified atom stereocenters. The number of fused-ring (bicyclic) bond motifs is 1. The minimum atomic E-state index is -1.29. The zero-order chi connectivity index (χ0) is 20.6. The molecule has 8 nitrogen and oxygen atoms in total. The number of hydrogen-bond acceptors (Lipinski definition) is 5. The summed E-state index contributed by atoms with van der Waals surface area (Å²) in [6.07, 6.45) is 0. The van der Waals surface area contributed by atoms with Gasteiger partial charge in [0.1, 0.15) is 12.1 Å². The summed E-state index contributed by atoms with van der Waals surface area (Å²) >= 11 is 0. The number of ether oxygens (including phenoxy) is 2. The van der Waals surface area contributed by atoms with E-state index in [2.05, 4.69) is 10.6 Å². The fourth-order valence-electron chi connectivity index (χ4n) is 3.50. The smallest absolute Gasteiger partial charge is 0.325 e. The lowest BCUT2D eigenvalue weighted by Crippen LogP contribution is -2.43. The maximum Gasteiger partial charge on any atom is 0.325 e. The van der Waals surface area contributed by atoms with Crippen molar-refractivity contribution in [3.05, 3.63) is 59.7 Å². The van der Waals surface area contributed by atoms with Gasteiger partial charge in [0, 0.05) is 0 Å². The van der Waals surface area contributed by atoms with Crippen LogP contribution >= 0.6 is 0 Å². The Morgan fingerprint density at radius 1 is 1.17 bits per heavy atom. The molecule has 0 aromatic heterocycles. The molecule has 29 heavy (non-hydrogen) atoms. The van der Waals surface area contributed by atoms with Gasteiger partial charge in [-0.05, 0) is 37.1 Å². The molecular weight excluding hydrogens is 374 g/mol. The summed E-state index contributed by atoms with van der Waals surface area (Å²) in [5, 5.41) is 5.50. The van der Waals surface area contributed by atoms with Crippen LogP contribution in [0, 0.1) is 0 Å². The monoisotopic (exact) mass is 395 g/mol. The Hall–Kier alpha value is -3.55. The Morgan fingerprint density at radius 2 is 1.90 bits per heavy atom. The van der Waals surface area contributed by atoms with E-state index in [0.29, 0.717) is 17.1 Å². The maximum atomic E-state index is 13.0. The van der Waals surface area contributed by atoms with Crippen molar-refractivity contribution in [2.24, 2.45) is 0 Å². The van der Waals surface area contributed by atoms with Crippen LogP contribution in [-0.2, 0) is 15.1 Å². The highest BCUT2D eigenvalue weighted by Crippen LogP contribution is 2.37. The molecular formula is C21H21N3O5. The lowest BCUT2D eigenvalue weighted by molar-refractivity contribution is -0.135. The van der Waals surface area contributed by atoms with Crippen molar-refractivity contribution in [1.82, 2.24) is 15.5 Å². The lowest BCUT2D eigenvalue weighted by Gasteiger charge is -2.22. The van der Waals surface area contributed by atoms with Crippen LogP contribution in [0.3, 0.4) is 0 Å². The molecule has 2 atom stereocenters. The molecule has 0 spiro atoms. The molecule has 4 amide bonds. The van der Waals surface area contributed by atoms with Gasteiger partial charge in [0.2, 0.25) is 12.7 Å². The second kappa shape index (κ2) is 7.12. The van der Waals surface area contributed by atoms with Gasteiger partial charge in [-0.2, -0.15) is 0 Å². The second-order valence-electron chi connectivity index (χ2n) is 7.21. The molecule has 8 heteroatoms. The number of carbonyl (C=O) groups is 3. The van der Waals surface area contributed by atoms with E-state index in [-0.39, 0.29) is 19.4 Å². The number of nitrogens with zero attached hydrogens (tertiary/aromatic N) is 1. The largest absolute Gasteiger partial charge is 0.454 e. The fraction of sp³-hybridized carbons (Fsp3) is 0.286. The van der Waals surface area contributed by atoms with Gasteiger partial charge in [0.25, 0.3) is 5.91 Å². The van der Waals surface area contributed by atoms with Gasteiger partial charge in [-0.1, -0.05) is 36.4 Å². The van der Waals surface area contributed by atoms with Crippen molar-refractivity contribution in [3.8, 4) is 11.5 Å². The molecule has 4 rings (SSSR count). The summed E-state index contributed by atoms with van der Waals surface area (Å²) < 4.78 is 10.6. The topological polar surface area (TPSA) is 97.0 Å². The molecule has 0 bridgehead atoms. The third kappa shape index (κ3) is 3.37. The van der Waals surface area contributed by atoms with Crippen molar-refractivity contribution in [2.45, 2.75) is 25.4 Å². The second-order valence-corrected chi connectivity index (χ2v) is 7.21. The summed E-state index contributed by atoms with van der Waals surface area (Å²) in [5.74, 6) is 0.183. The first-order valence-electron chi connectivity index (χ1n) is 9.27. The molecule has 0 saturated carbocycles. The fourth-order valence-corrected chi connectivity index (χ4v) is 3.50. The number of benzene rings is 2. The summed E-state index contributed by atoms with van der Waals surface area (Å²) in [7, 11) is 0. The Balaban J connectivity index is 1.47. The third-order valence-electron chi connectivity index (χ3n) is 5.20. The van der Waals surface area contributed by atoms with Crippen LogP contribution in [0.25, 0.3) is 0 Å². The summed E-state index contributed by atoms with van der Waals surface area (Å²) in [5.41, 5.74) is 0.201. The SMILES string of the molecule is C[C@@H](NC(=O)CN1C(=O)N[C@@](C)(c2ccc3c(c2)OCO3)C1=O)c1ccccc1. The molecule has 2 N–H and O–H groups in total. The normalized spacial score (nSPS) is 21.1. The van der Waals surface area contributed by atoms with E-state index in [0.717, 1.165) is 10.5 Å². The Labute approximate surface area is 167 Å². The minimum absolute atomic E-state index is 0.113. The summed E-state index contributed by atoms with van der Waals surface area (Å²) in [4.78, 5) is 38.9. The molecule has 2 aromatic carbocycles. The van der Waals surface area contributed by atoms with Crippen molar-refractivity contribution in [3.63, 3.8) is 0 Å².